The van der Waals surface area contributed by atoms with Crippen molar-refractivity contribution in [3.63, 3.8) is 0 Å². The maximum Gasteiger partial charge on any atom is 0.234 e. The van der Waals surface area contributed by atoms with Crippen LogP contribution in [0.25, 0.3) is 10.2 Å². The first-order valence-electron chi connectivity index (χ1n) is 12.0. The average Bonchev–Trinajstić information content (AvgIpc) is 3.23. The fourth-order valence-electron chi connectivity index (χ4n) is 4.31. The van der Waals surface area contributed by atoms with E-state index in [0.29, 0.717) is 18.8 Å². The number of benzene rings is 2. The predicted octanol–water partition coefficient (Wildman–Crippen LogP) is 2.20. The van der Waals surface area contributed by atoms with Gasteiger partial charge in [-0.25, -0.2) is 4.98 Å². The van der Waals surface area contributed by atoms with Crippen LogP contribution in [0.3, 0.4) is 0 Å². The monoisotopic (exact) mass is 498 g/mol. The number of thiazole rings is 1. The Labute approximate surface area is 210 Å². The molecule has 0 aliphatic carbocycles. The lowest BCUT2D eigenvalue weighted by Gasteiger charge is -2.35. The number of nitrogens with one attached hydrogen (secondary N) is 1. The normalized spacial score (nSPS) is 17.7. The highest BCUT2D eigenvalue weighted by Crippen LogP contribution is 2.25. The van der Waals surface area contributed by atoms with Crippen LogP contribution < -0.4 is 10.1 Å². The van der Waals surface area contributed by atoms with E-state index in [1.165, 1.54) is 0 Å². The molecule has 35 heavy (non-hydrogen) atoms. The molecular formula is C26H34N4O4S. The first-order valence-corrected chi connectivity index (χ1v) is 12.8. The number of nitrogens with zero attached hydrogens (tertiary/aromatic N) is 3. The lowest BCUT2D eigenvalue weighted by atomic mass is 10.0. The third-order valence-electron chi connectivity index (χ3n) is 6.21. The molecule has 8 nitrogen and oxygen atoms in total. The molecule has 1 aromatic heterocycles. The Morgan fingerprint density at radius 3 is 2.57 bits per heavy atom. The van der Waals surface area contributed by atoms with E-state index in [1.54, 1.807) is 11.3 Å². The van der Waals surface area contributed by atoms with Crippen LogP contribution in [0.1, 0.15) is 23.6 Å². The maximum absolute atomic E-state index is 12.5. The molecule has 188 valence electrons. The highest BCUT2D eigenvalue weighted by Gasteiger charge is 2.23. The van der Waals surface area contributed by atoms with Gasteiger partial charge in [-0.1, -0.05) is 30.3 Å². The number of ether oxygens (including phenoxy) is 1. The molecule has 0 radical (unpaired) electrons. The van der Waals surface area contributed by atoms with Gasteiger partial charge in [-0.2, -0.15) is 0 Å². The largest absolute Gasteiger partial charge is 0.491 e. The second kappa shape index (κ2) is 11.9. The molecule has 2 aromatic carbocycles. The summed E-state index contributed by atoms with van der Waals surface area (Å²) in [5.41, 5.74) is 1.71. The Kier molecular flexibility index (Phi) is 8.69. The fraction of sp³-hybridized carbons (Fsp3) is 0.462. The van der Waals surface area contributed by atoms with Gasteiger partial charge < -0.3 is 20.3 Å². The topological polar surface area (TPSA) is 98.2 Å². The van der Waals surface area contributed by atoms with Crippen molar-refractivity contribution in [1.29, 1.82) is 0 Å². The van der Waals surface area contributed by atoms with Gasteiger partial charge in [0.15, 0.2) is 0 Å². The number of rotatable bonds is 10. The number of carbonyl (C=O) groups excluding carboxylic acids is 1. The summed E-state index contributed by atoms with van der Waals surface area (Å²) in [5, 5.41) is 24.8. The Bertz CT molecular complexity index is 1100. The summed E-state index contributed by atoms with van der Waals surface area (Å²) >= 11 is 1.65. The predicted molar refractivity (Wildman–Crippen MR) is 138 cm³/mol. The minimum atomic E-state index is -0.742. The number of fused-ring (bicyclic) bond motifs is 1. The van der Waals surface area contributed by atoms with Gasteiger partial charge in [0.05, 0.1) is 33.9 Å². The van der Waals surface area contributed by atoms with Crippen LogP contribution in [-0.4, -0.2) is 88.9 Å². The molecule has 3 N–H and O–H groups in total. The van der Waals surface area contributed by atoms with Gasteiger partial charge in [-0.3, -0.25) is 14.6 Å². The van der Waals surface area contributed by atoms with Crippen molar-refractivity contribution in [1.82, 2.24) is 20.1 Å². The standard InChI is InChI=1S/C26H34N4O4S/c1-18(26(33)20-6-4-3-5-7-20)27-25(32)16-30-12-10-29(11-13-30)15-21(31)17-34-22-8-9-24-23(14-22)28-19(2)35-24/h3-9,14,18,21,26,31,33H,10-13,15-17H2,1-2H3,(H,27,32)/t18-,21-,26-/m1/s1. The molecule has 3 atom stereocenters. The van der Waals surface area contributed by atoms with Crippen LogP contribution in [0, 0.1) is 6.92 Å². The highest BCUT2D eigenvalue weighted by molar-refractivity contribution is 7.18. The van der Waals surface area contributed by atoms with E-state index in [9.17, 15) is 15.0 Å². The van der Waals surface area contributed by atoms with Gasteiger partial charge in [0.1, 0.15) is 18.5 Å². The van der Waals surface area contributed by atoms with Crippen molar-refractivity contribution in [2.45, 2.75) is 32.1 Å². The van der Waals surface area contributed by atoms with Crippen molar-refractivity contribution in [2.75, 3.05) is 45.9 Å². The molecule has 1 aliphatic rings. The zero-order chi connectivity index (χ0) is 24.8. The Morgan fingerprint density at radius 1 is 1.11 bits per heavy atom. The Morgan fingerprint density at radius 2 is 1.83 bits per heavy atom. The molecule has 0 unspecified atom stereocenters. The van der Waals surface area contributed by atoms with Crippen LogP contribution in [0.2, 0.25) is 0 Å². The maximum atomic E-state index is 12.5. The van der Waals surface area contributed by atoms with Gasteiger partial charge in [0, 0.05) is 38.8 Å². The molecule has 0 bridgehead atoms. The summed E-state index contributed by atoms with van der Waals surface area (Å²) in [5.74, 6) is 0.617. The van der Waals surface area contributed by atoms with Gasteiger partial charge in [-0.05, 0) is 31.5 Å². The van der Waals surface area contributed by atoms with Crippen LogP contribution in [0.5, 0.6) is 5.75 Å². The van der Waals surface area contributed by atoms with E-state index in [4.69, 9.17) is 4.74 Å². The van der Waals surface area contributed by atoms with E-state index >= 15 is 0 Å². The Balaban J connectivity index is 1.14. The molecule has 3 aromatic rings. The summed E-state index contributed by atoms with van der Waals surface area (Å²) in [6, 6.07) is 14.8. The number of hydrogen-bond acceptors (Lipinski definition) is 8. The van der Waals surface area contributed by atoms with Gasteiger partial charge in [-0.15, -0.1) is 11.3 Å². The summed E-state index contributed by atoms with van der Waals surface area (Å²) in [6.07, 6.45) is -1.34. The molecule has 1 saturated heterocycles. The van der Waals surface area contributed by atoms with Crippen molar-refractivity contribution in [2.24, 2.45) is 0 Å². The number of β-amino-alcohol motifs (C(OH)–C–C–N with tert-alkyl or cyclic N) is 1. The van der Waals surface area contributed by atoms with E-state index in [2.05, 4.69) is 20.1 Å². The molecular weight excluding hydrogens is 464 g/mol. The fourth-order valence-corrected chi connectivity index (χ4v) is 5.11. The number of aliphatic hydroxyl groups excluding tert-OH is 2. The highest BCUT2D eigenvalue weighted by atomic mass is 32.1. The summed E-state index contributed by atoms with van der Waals surface area (Å²) in [4.78, 5) is 21.3. The van der Waals surface area contributed by atoms with Crippen LogP contribution in [0.4, 0.5) is 0 Å². The Hall–Kier alpha value is -2.56. The second-order valence-electron chi connectivity index (χ2n) is 9.12. The number of aliphatic hydroxyl groups is 2. The zero-order valence-corrected chi connectivity index (χ0v) is 21.1. The number of aromatic nitrogens is 1. The molecule has 1 aliphatic heterocycles. The number of piperazine rings is 1. The summed E-state index contributed by atoms with van der Waals surface area (Å²) in [7, 11) is 0. The third-order valence-corrected chi connectivity index (χ3v) is 7.16. The van der Waals surface area contributed by atoms with Crippen molar-refractivity contribution >= 4 is 27.5 Å². The van der Waals surface area contributed by atoms with Gasteiger partial charge in [0.2, 0.25) is 5.91 Å². The van der Waals surface area contributed by atoms with Crippen LogP contribution in [0.15, 0.2) is 48.5 Å². The average molecular weight is 499 g/mol. The van der Waals surface area contributed by atoms with Crippen LogP contribution in [-0.2, 0) is 4.79 Å². The molecule has 9 heteroatoms. The molecule has 0 spiro atoms. The van der Waals surface area contributed by atoms with E-state index in [0.717, 1.165) is 47.0 Å². The molecule has 1 fully saturated rings. The van der Waals surface area contributed by atoms with Crippen LogP contribution >= 0.6 is 11.3 Å². The smallest absolute Gasteiger partial charge is 0.234 e. The summed E-state index contributed by atoms with van der Waals surface area (Å²) in [6.45, 7) is 7.88. The lowest BCUT2D eigenvalue weighted by molar-refractivity contribution is -0.124. The quantitative estimate of drug-likeness (QED) is 0.394. The number of aryl methyl sites for hydroxylation is 1. The molecule has 0 saturated carbocycles. The van der Waals surface area contributed by atoms with Crippen molar-refractivity contribution in [3.05, 3.63) is 59.1 Å². The van der Waals surface area contributed by atoms with Crippen molar-refractivity contribution in [3.8, 4) is 5.75 Å². The molecule has 2 heterocycles. The SMILES string of the molecule is Cc1nc2cc(OC[C@H](O)CN3CCN(CC(=O)N[C@H](C)[C@@H](O)c4ccccc4)CC3)ccc2s1. The van der Waals surface area contributed by atoms with Gasteiger partial charge in [0.25, 0.3) is 0 Å². The number of carbonyl (C=O) groups is 1. The van der Waals surface area contributed by atoms with E-state index < -0.39 is 12.2 Å². The molecule has 4 rings (SSSR count). The summed E-state index contributed by atoms with van der Waals surface area (Å²) < 4.78 is 6.92. The lowest BCUT2D eigenvalue weighted by Crippen LogP contribution is -2.52. The number of hydrogen-bond donors (Lipinski definition) is 3. The van der Waals surface area contributed by atoms with E-state index in [-0.39, 0.29) is 18.6 Å². The van der Waals surface area contributed by atoms with E-state index in [1.807, 2.05) is 62.4 Å². The first-order chi connectivity index (χ1) is 16.9. The first kappa shape index (κ1) is 25.5. The minimum Gasteiger partial charge on any atom is -0.491 e. The second-order valence-corrected chi connectivity index (χ2v) is 10.4. The minimum absolute atomic E-state index is 0.0957. The van der Waals surface area contributed by atoms with Crippen molar-refractivity contribution < 1.29 is 19.7 Å². The zero-order valence-electron chi connectivity index (χ0n) is 20.3. The van der Waals surface area contributed by atoms with Gasteiger partial charge >= 0.3 is 0 Å². The third kappa shape index (κ3) is 7.22. The number of amides is 1. The molecule has 1 amide bonds.